The van der Waals surface area contributed by atoms with Crippen molar-refractivity contribution in [2.24, 2.45) is 0 Å². The highest BCUT2D eigenvalue weighted by atomic mass is 35.5. The molecule has 0 aliphatic rings. The van der Waals surface area contributed by atoms with Gasteiger partial charge >= 0.3 is 0 Å². The molecule has 2 rings (SSSR count). The predicted octanol–water partition coefficient (Wildman–Crippen LogP) is 3.98. The van der Waals surface area contributed by atoms with E-state index < -0.39 is 5.60 Å². The zero-order chi connectivity index (χ0) is 18.4. The van der Waals surface area contributed by atoms with Gasteiger partial charge in [-0.2, -0.15) is 0 Å². The van der Waals surface area contributed by atoms with Crippen LogP contribution in [0.5, 0.6) is 0 Å². The molecule has 0 bridgehead atoms. The van der Waals surface area contributed by atoms with Crippen LogP contribution in [0.15, 0.2) is 48.5 Å². The fourth-order valence-electron chi connectivity index (χ4n) is 2.32. The molecule has 0 heterocycles. The first-order valence-corrected chi connectivity index (χ1v) is 8.58. The average Bonchev–Trinajstić information content (AvgIpc) is 2.59. The van der Waals surface area contributed by atoms with Crippen LogP contribution in [0, 0.1) is 0 Å². The van der Waals surface area contributed by atoms with Crippen LogP contribution in [0.25, 0.3) is 0 Å². The molecule has 25 heavy (non-hydrogen) atoms. The molecule has 1 atom stereocenters. The Labute approximate surface area is 156 Å². The Bertz CT molecular complexity index is 758. The standard InChI is InChI=1S/C19H19Cl2NO3/c1-19(25,13-6-8-14(20)9-7-13)12-22-18(24)11-10-17(23)15-4-2-3-5-16(15)21/h2-9,25H,10-12H2,1H3,(H,22,24). The van der Waals surface area contributed by atoms with Gasteiger partial charge in [0, 0.05) is 23.4 Å². The second-order valence-electron chi connectivity index (χ2n) is 5.96. The monoisotopic (exact) mass is 379 g/mol. The topological polar surface area (TPSA) is 66.4 Å². The lowest BCUT2D eigenvalue weighted by Crippen LogP contribution is -2.38. The molecular formula is C19H19Cl2NO3. The Morgan fingerprint density at radius 2 is 1.68 bits per heavy atom. The molecule has 2 aromatic rings. The van der Waals surface area contributed by atoms with Crippen LogP contribution < -0.4 is 5.32 Å². The number of rotatable bonds is 7. The second kappa shape index (κ2) is 8.48. The maximum Gasteiger partial charge on any atom is 0.220 e. The van der Waals surface area contributed by atoms with Crippen LogP contribution in [0.4, 0.5) is 0 Å². The van der Waals surface area contributed by atoms with Crippen molar-refractivity contribution in [3.8, 4) is 0 Å². The molecule has 4 nitrogen and oxygen atoms in total. The first kappa shape index (κ1) is 19.4. The van der Waals surface area contributed by atoms with E-state index in [4.69, 9.17) is 23.2 Å². The van der Waals surface area contributed by atoms with E-state index in [1.165, 1.54) is 0 Å². The lowest BCUT2D eigenvalue weighted by Gasteiger charge is -2.24. The summed E-state index contributed by atoms with van der Waals surface area (Å²) in [5.41, 5.74) is -0.179. The molecule has 0 aliphatic carbocycles. The maximum atomic E-state index is 12.1. The fraction of sp³-hybridized carbons (Fsp3) is 0.263. The van der Waals surface area contributed by atoms with Crippen LogP contribution in [-0.2, 0) is 10.4 Å². The lowest BCUT2D eigenvalue weighted by molar-refractivity contribution is -0.122. The molecule has 0 radical (unpaired) electrons. The van der Waals surface area contributed by atoms with Crippen LogP contribution >= 0.6 is 23.2 Å². The number of ketones is 1. The van der Waals surface area contributed by atoms with E-state index in [1.807, 2.05) is 0 Å². The van der Waals surface area contributed by atoms with Crippen molar-refractivity contribution in [2.45, 2.75) is 25.4 Å². The Kier molecular flexibility index (Phi) is 6.59. The summed E-state index contributed by atoms with van der Waals surface area (Å²) in [5.74, 6) is -0.500. The number of benzene rings is 2. The molecule has 0 fully saturated rings. The molecule has 132 valence electrons. The second-order valence-corrected chi connectivity index (χ2v) is 6.80. The minimum absolute atomic E-state index is 0.0285. The lowest BCUT2D eigenvalue weighted by atomic mass is 9.96. The van der Waals surface area contributed by atoms with Crippen LogP contribution in [0.3, 0.4) is 0 Å². The highest BCUT2D eigenvalue weighted by Gasteiger charge is 2.24. The van der Waals surface area contributed by atoms with Crippen molar-refractivity contribution in [2.75, 3.05) is 6.54 Å². The van der Waals surface area contributed by atoms with Crippen LogP contribution in [-0.4, -0.2) is 23.3 Å². The molecule has 0 saturated carbocycles. The van der Waals surface area contributed by atoms with Gasteiger partial charge in [-0.25, -0.2) is 0 Å². The predicted molar refractivity (Wildman–Crippen MR) is 99.0 cm³/mol. The molecular weight excluding hydrogens is 361 g/mol. The first-order chi connectivity index (χ1) is 11.8. The van der Waals surface area contributed by atoms with Crippen molar-refractivity contribution in [1.29, 1.82) is 0 Å². The van der Waals surface area contributed by atoms with E-state index in [2.05, 4.69) is 5.32 Å². The average molecular weight is 380 g/mol. The van der Waals surface area contributed by atoms with Crippen molar-refractivity contribution in [1.82, 2.24) is 5.32 Å². The van der Waals surface area contributed by atoms with Gasteiger partial charge in [0.25, 0.3) is 0 Å². The molecule has 1 unspecified atom stereocenters. The summed E-state index contributed by atoms with van der Waals surface area (Å²) >= 11 is 11.8. The normalized spacial score (nSPS) is 13.1. The zero-order valence-corrected chi connectivity index (χ0v) is 15.3. The number of hydrogen-bond donors (Lipinski definition) is 2. The van der Waals surface area contributed by atoms with Crippen molar-refractivity contribution >= 4 is 34.9 Å². The SMILES string of the molecule is CC(O)(CNC(=O)CCC(=O)c1ccccc1Cl)c1ccc(Cl)cc1. The van der Waals surface area contributed by atoms with Crippen molar-refractivity contribution in [3.05, 3.63) is 69.7 Å². The number of carbonyl (C=O) groups is 2. The molecule has 2 N–H and O–H groups in total. The van der Waals surface area contributed by atoms with E-state index in [9.17, 15) is 14.7 Å². The Hall–Kier alpha value is -1.88. The number of carbonyl (C=O) groups excluding carboxylic acids is 2. The van der Waals surface area contributed by atoms with Crippen molar-refractivity contribution in [3.63, 3.8) is 0 Å². The number of hydrogen-bond acceptors (Lipinski definition) is 3. The minimum Gasteiger partial charge on any atom is -0.384 e. The third-order valence-corrected chi connectivity index (χ3v) is 4.43. The van der Waals surface area contributed by atoms with Gasteiger partial charge in [0.05, 0.1) is 11.6 Å². The molecule has 6 heteroatoms. The number of halogens is 2. The summed E-state index contributed by atoms with van der Waals surface area (Å²) in [4.78, 5) is 24.1. The van der Waals surface area contributed by atoms with Gasteiger partial charge in [0.1, 0.15) is 5.60 Å². The summed E-state index contributed by atoms with van der Waals surface area (Å²) in [5, 5.41) is 14.1. The fourth-order valence-corrected chi connectivity index (χ4v) is 2.69. The van der Waals surface area contributed by atoms with Gasteiger partial charge in [0.2, 0.25) is 5.91 Å². The molecule has 0 spiro atoms. The van der Waals surface area contributed by atoms with Gasteiger partial charge in [-0.05, 0) is 36.8 Å². The smallest absolute Gasteiger partial charge is 0.220 e. The van der Waals surface area contributed by atoms with E-state index in [0.717, 1.165) is 0 Å². The highest BCUT2D eigenvalue weighted by molar-refractivity contribution is 6.34. The molecule has 0 aromatic heterocycles. The maximum absolute atomic E-state index is 12.1. The van der Waals surface area contributed by atoms with Gasteiger partial charge in [-0.15, -0.1) is 0 Å². The van der Waals surface area contributed by atoms with Gasteiger partial charge in [-0.3, -0.25) is 9.59 Å². The van der Waals surface area contributed by atoms with E-state index in [-0.39, 0.29) is 31.1 Å². The number of aliphatic hydroxyl groups is 1. The Balaban J connectivity index is 1.85. The minimum atomic E-state index is -1.23. The quantitative estimate of drug-likeness (QED) is 0.714. The number of Topliss-reactive ketones (excluding diaryl/α,β-unsaturated/α-hetero) is 1. The third kappa shape index (κ3) is 5.56. The van der Waals surface area contributed by atoms with Gasteiger partial charge in [0.15, 0.2) is 5.78 Å². The third-order valence-electron chi connectivity index (χ3n) is 3.85. The number of amides is 1. The van der Waals surface area contributed by atoms with Gasteiger partial charge < -0.3 is 10.4 Å². The summed E-state index contributed by atoms with van der Waals surface area (Å²) in [6.45, 7) is 1.64. The Morgan fingerprint density at radius 3 is 2.32 bits per heavy atom. The summed E-state index contributed by atoms with van der Waals surface area (Å²) in [6.07, 6.45) is 0.0827. The van der Waals surface area contributed by atoms with Crippen molar-refractivity contribution < 1.29 is 14.7 Å². The van der Waals surface area contributed by atoms with E-state index >= 15 is 0 Å². The summed E-state index contributed by atoms with van der Waals surface area (Å²) < 4.78 is 0. The molecule has 0 aliphatic heterocycles. The number of nitrogens with one attached hydrogen (secondary N) is 1. The molecule has 2 aromatic carbocycles. The first-order valence-electron chi connectivity index (χ1n) is 7.82. The van der Waals surface area contributed by atoms with Crippen LogP contribution in [0.1, 0.15) is 35.7 Å². The molecule has 0 saturated heterocycles. The van der Waals surface area contributed by atoms with Crippen LogP contribution in [0.2, 0.25) is 10.0 Å². The van der Waals surface area contributed by atoms with E-state index in [1.54, 1.807) is 55.5 Å². The summed E-state index contributed by atoms with van der Waals surface area (Å²) in [7, 11) is 0. The summed E-state index contributed by atoms with van der Waals surface area (Å²) in [6, 6.07) is 13.5. The van der Waals surface area contributed by atoms with Gasteiger partial charge in [-0.1, -0.05) is 47.5 Å². The highest BCUT2D eigenvalue weighted by Crippen LogP contribution is 2.22. The van der Waals surface area contributed by atoms with E-state index in [0.29, 0.717) is 21.2 Å². The zero-order valence-electron chi connectivity index (χ0n) is 13.8. The largest absolute Gasteiger partial charge is 0.384 e. The molecule has 1 amide bonds. The Morgan fingerprint density at radius 1 is 1.04 bits per heavy atom.